The number of hydrogen-bond donors (Lipinski definition) is 1. The van der Waals surface area contributed by atoms with Crippen LogP contribution in [-0.4, -0.2) is 5.54 Å². The van der Waals surface area contributed by atoms with E-state index in [1.807, 2.05) is 0 Å². The number of hydrogen-bond acceptors (Lipinski definition) is 2. The summed E-state index contributed by atoms with van der Waals surface area (Å²) in [5.41, 5.74) is 4.13. The first-order chi connectivity index (χ1) is 5.22. The SMILES string of the molecule is Cl.[2H]C1([2H])CC(N)(C#N)CC1([2H])[2H]. The smallest absolute Gasteiger partial charge is 0.104 e. The van der Waals surface area contributed by atoms with Crippen LogP contribution in [0.4, 0.5) is 0 Å². The van der Waals surface area contributed by atoms with Gasteiger partial charge in [0, 0.05) is 5.48 Å². The van der Waals surface area contributed by atoms with Gasteiger partial charge in [0.1, 0.15) is 5.54 Å². The van der Waals surface area contributed by atoms with E-state index in [4.69, 9.17) is 16.5 Å². The third-order valence-corrected chi connectivity index (χ3v) is 1.16. The molecule has 0 atom stereocenters. The summed E-state index contributed by atoms with van der Waals surface area (Å²) in [7, 11) is 0. The van der Waals surface area contributed by atoms with Crippen LogP contribution < -0.4 is 5.73 Å². The fourth-order valence-electron chi connectivity index (χ4n) is 0.582. The second-order valence-electron chi connectivity index (χ2n) is 1.98. The van der Waals surface area contributed by atoms with Gasteiger partial charge in [-0.3, -0.25) is 0 Å². The first-order valence-electron chi connectivity index (χ1n) is 4.43. The molecule has 0 aliphatic heterocycles. The molecular formula is C6H11ClN2. The molecule has 2 N–H and O–H groups in total. The zero-order valence-corrected chi connectivity index (χ0v) is 5.66. The van der Waals surface area contributed by atoms with E-state index in [1.165, 1.54) is 0 Å². The molecule has 0 heterocycles. The van der Waals surface area contributed by atoms with Crippen LogP contribution in [0.2, 0.25) is 0 Å². The van der Waals surface area contributed by atoms with E-state index in [0.29, 0.717) is 0 Å². The van der Waals surface area contributed by atoms with Gasteiger partial charge in [-0.2, -0.15) is 5.26 Å². The third-order valence-electron chi connectivity index (χ3n) is 1.16. The Hall–Kier alpha value is -0.260. The predicted molar refractivity (Wildman–Crippen MR) is 38.2 cm³/mol. The monoisotopic (exact) mass is 150 g/mol. The molecule has 0 radical (unpaired) electrons. The maximum Gasteiger partial charge on any atom is 0.104 e. The molecule has 1 saturated carbocycles. The fraction of sp³-hybridized carbons (Fsp3) is 0.833. The highest BCUT2D eigenvalue weighted by molar-refractivity contribution is 5.85. The molecule has 2 nitrogen and oxygen atoms in total. The van der Waals surface area contributed by atoms with Gasteiger partial charge in [0.25, 0.3) is 0 Å². The molecule has 0 aromatic heterocycles. The van der Waals surface area contributed by atoms with Crippen molar-refractivity contribution in [3.05, 3.63) is 0 Å². The van der Waals surface area contributed by atoms with Crippen LogP contribution in [0, 0.1) is 11.3 Å². The van der Waals surface area contributed by atoms with Crippen molar-refractivity contribution in [2.75, 3.05) is 0 Å². The second kappa shape index (κ2) is 3.05. The van der Waals surface area contributed by atoms with Gasteiger partial charge in [-0.15, -0.1) is 12.4 Å². The summed E-state index contributed by atoms with van der Waals surface area (Å²) in [6.45, 7) is 0. The maximum atomic E-state index is 8.58. The van der Waals surface area contributed by atoms with E-state index in [-0.39, 0.29) is 25.2 Å². The summed E-state index contributed by atoms with van der Waals surface area (Å²) in [5, 5.41) is 8.58. The third kappa shape index (κ3) is 1.85. The quantitative estimate of drug-likeness (QED) is 0.564. The molecule has 1 aliphatic rings. The highest BCUT2D eigenvalue weighted by Gasteiger charge is 2.28. The Morgan fingerprint density at radius 1 is 1.56 bits per heavy atom. The van der Waals surface area contributed by atoms with Crippen molar-refractivity contribution in [3.8, 4) is 6.07 Å². The van der Waals surface area contributed by atoms with Crippen LogP contribution in [0.15, 0.2) is 0 Å². The van der Waals surface area contributed by atoms with Crippen molar-refractivity contribution in [3.63, 3.8) is 0 Å². The van der Waals surface area contributed by atoms with Crippen LogP contribution in [0.1, 0.15) is 31.1 Å². The van der Waals surface area contributed by atoms with Gasteiger partial charge in [0.05, 0.1) is 6.07 Å². The fourth-order valence-corrected chi connectivity index (χ4v) is 0.582. The molecule has 0 bridgehead atoms. The molecule has 1 aliphatic carbocycles. The minimum absolute atomic E-state index is 0. The van der Waals surface area contributed by atoms with E-state index in [9.17, 15) is 0 Å². The largest absolute Gasteiger partial charge is 0.313 e. The molecule has 1 rings (SSSR count). The lowest BCUT2D eigenvalue weighted by Gasteiger charge is -2.10. The highest BCUT2D eigenvalue weighted by Crippen LogP contribution is 2.25. The average molecular weight is 151 g/mol. The molecule has 0 aromatic rings. The Kier molecular flexibility index (Phi) is 1.29. The lowest BCUT2D eigenvalue weighted by molar-refractivity contribution is 0.564. The van der Waals surface area contributed by atoms with Crippen molar-refractivity contribution in [1.29, 1.82) is 5.26 Å². The van der Waals surface area contributed by atoms with Gasteiger partial charge in [0.15, 0.2) is 0 Å². The van der Waals surface area contributed by atoms with Crippen molar-refractivity contribution in [2.24, 2.45) is 5.73 Å². The molecule has 0 aromatic carbocycles. The number of nitriles is 1. The Morgan fingerprint density at radius 3 is 2.22 bits per heavy atom. The lowest BCUT2D eigenvalue weighted by Crippen LogP contribution is -2.33. The number of rotatable bonds is 0. The van der Waals surface area contributed by atoms with E-state index in [2.05, 4.69) is 0 Å². The van der Waals surface area contributed by atoms with Crippen LogP contribution in [0.25, 0.3) is 0 Å². The van der Waals surface area contributed by atoms with E-state index < -0.39 is 18.3 Å². The molecule has 0 amide bonds. The molecule has 52 valence electrons. The summed E-state index contributed by atoms with van der Waals surface area (Å²) < 4.78 is 29.2. The molecule has 9 heavy (non-hydrogen) atoms. The molecule has 0 spiro atoms. The Bertz CT molecular complexity index is 232. The van der Waals surface area contributed by atoms with Crippen molar-refractivity contribution >= 4 is 12.4 Å². The van der Waals surface area contributed by atoms with Crippen molar-refractivity contribution in [2.45, 2.75) is 31.1 Å². The van der Waals surface area contributed by atoms with Gasteiger partial charge < -0.3 is 5.73 Å². The second-order valence-corrected chi connectivity index (χ2v) is 1.98. The van der Waals surface area contributed by atoms with E-state index in [1.54, 1.807) is 6.07 Å². The number of halogens is 1. The summed E-state index contributed by atoms with van der Waals surface area (Å²) in [4.78, 5) is 0. The molecule has 0 saturated heterocycles. The Balaban J connectivity index is 0.00000144. The lowest BCUT2D eigenvalue weighted by atomic mass is 10.0. The maximum absolute atomic E-state index is 8.58. The van der Waals surface area contributed by atoms with Gasteiger partial charge in [-0.05, 0) is 12.8 Å². The van der Waals surface area contributed by atoms with E-state index in [0.717, 1.165) is 0 Å². The molecule has 0 unspecified atom stereocenters. The van der Waals surface area contributed by atoms with Crippen molar-refractivity contribution in [1.82, 2.24) is 0 Å². The van der Waals surface area contributed by atoms with Gasteiger partial charge in [-0.1, -0.05) is 12.7 Å². The normalized spacial score (nSPS) is 40.0. The average Bonchev–Trinajstić information content (AvgIpc) is 1.99. The molecular weight excluding hydrogens is 136 g/mol. The van der Waals surface area contributed by atoms with Crippen LogP contribution in [0.5, 0.6) is 0 Å². The zero-order chi connectivity index (χ0) is 9.62. The number of nitrogens with two attached hydrogens (primary N) is 1. The van der Waals surface area contributed by atoms with E-state index >= 15 is 0 Å². The summed E-state index contributed by atoms with van der Waals surface area (Å²) in [6, 6.07) is 1.75. The summed E-state index contributed by atoms with van der Waals surface area (Å²) >= 11 is 0. The van der Waals surface area contributed by atoms with Crippen LogP contribution >= 0.6 is 12.4 Å². The summed E-state index contributed by atoms with van der Waals surface area (Å²) in [6.07, 6.45) is -4.44. The first-order valence-corrected chi connectivity index (χ1v) is 2.43. The highest BCUT2D eigenvalue weighted by atomic mass is 35.5. The minimum atomic E-state index is -1.99. The molecule has 3 heteroatoms. The molecule has 1 fully saturated rings. The standard InChI is InChI=1S/C6H10N2.ClH/c7-5-6(8)3-1-2-4-6;/h1-4,8H2;1H/i1D2,2D2;. The van der Waals surface area contributed by atoms with Crippen molar-refractivity contribution < 1.29 is 5.48 Å². The first kappa shape index (κ1) is 3.80. The topological polar surface area (TPSA) is 49.8 Å². The van der Waals surface area contributed by atoms with Gasteiger partial charge in [0.2, 0.25) is 0 Å². The zero-order valence-electron chi connectivity index (χ0n) is 8.85. The number of nitrogens with zero attached hydrogens (tertiary/aromatic N) is 1. The summed E-state index contributed by atoms with van der Waals surface area (Å²) in [5.74, 6) is 0. The minimum Gasteiger partial charge on any atom is -0.313 e. The van der Waals surface area contributed by atoms with Crippen LogP contribution in [0.3, 0.4) is 0 Å². The van der Waals surface area contributed by atoms with Gasteiger partial charge >= 0.3 is 0 Å². The van der Waals surface area contributed by atoms with Gasteiger partial charge in [-0.25, -0.2) is 0 Å². The Morgan fingerprint density at radius 2 is 2.00 bits per heavy atom. The predicted octanol–water partition coefficient (Wildman–Crippen LogP) is 1.20. The Labute approximate surface area is 67.1 Å². The van der Waals surface area contributed by atoms with Crippen LogP contribution in [-0.2, 0) is 0 Å².